The third kappa shape index (κ3) is 2.35. The normalized spacial score (nSPS) is 32.3. The lowest BCUT2D eigenvalue weighted by molar-refractivity contribution is 0.0374. The summed E-state index contributed by atoms with van der Waals surface area (Å²) in [4.78, 5) is 17.6. The van der Waals surface area contributed by atoms with E-state index in [0.717, 1.165) is 39.1 Å². The van der Waals surface area contributed by atoms with Gasteiger partial charge in [0.1, 0.15) is 15.0 Å². The molecule has 0 saturated carbocycles. The Morgan fingerprint density at radius 3 is 2.96 bits per heavy atom. The van der Waals surface area contributed by atoms with Crippen LogP contribution < -0.4 is 10.6 Å². The number of anilines is 1. The number of guanidine groups is 1. The lowest BCUT2D eigenvalue weighted by atomic mass is 9.73. The number of hydrogen-bond acceptors (Lipinski definition) is 7. The minimum atomic E-state index is 0.0663. The van der Waals surface area contributed by atoms with E-state index in [0.29, 0.717) is 5.92 Å². The molecule has 6 rings (SSSR count). The molecule has 1 atom stereocenters. The van der Waals surface area contributed by atoms with Crippen molar-refractivity contribution in [1.29, 1.82) is 0 Å². The number of hydrogen-bond donors (Lipinski definition) is 2. The van der Waals surface area contributed by atoms with Gasteiger partial charge in [-0.1, -0.05) is 11.3 Å². The molecule has 3 fully saturated rings. The predicted octanol–water partition coefficient (Wildman–Crippen LogP) is 2.29. The smallest absolute Gasteiger partial charge is 0.198 e. The number of nitrogens with one attached hydrogen (secondary N) is 2. The van der Waals surface area contributed by atoms with Gasteiger partial charge in [0.05, 0.1) is 5.54 Å². The Kier molecular flexibility index (Phi) is 3.15. The summed E-state index contributed by atoms with van der Waals surface area (Å²) in [5, 5.41) is 7.65. The second-order valence-electron chi connectivity index (χ2n) is 6.57. The van der Waals surface area contributed by atoms with E-state index in [1.54, 1.807) is 11.3 Å². The lowest BCUT2D eigenvalue weighted by Crippen LogP contribution is -2.59. The number of halogens is 1. The van der Waals surface area contributed by atoms with Crippen LogP contribution in [0.1, 0.15) is 12.8 Å². The minimum Gasteiger partial charge on any atom is -0.354 e. The van der Waals surface area contributed by atoms with E-state index in [1.807, 2.05) is 12.1 Å². The highest BCUT2D eigenvalue weighted by Crippen LogP contribution is 2.39. The molecule has 0 amide bonds. The number of fused-ring (bicyclic) bond motifs is 3. The zero-order valence-electron chi connectivity index (χ0n) is 12.5. The fraction of sp³-hybridized carbons (Fsp3) is 0.533. The largest absolute Gasteiger partial charge is 0.354 e. The standard InChI is InChI=1S/C15H17BrN6S/c16-11-2-1-10-12(19-11)23-14(18-10)20-13-17-7-15(21-13)8-22-5-3-9(15)4-6-22/h1-2,9H,3-8H2,(H2,17,18,20,21). The number of aromatic nitrogens is 2. The molecule has 0 radical (unpaired) electrons. The van der Waals surface area contributed by atoms with E-state index in [2.05, 4.69) is 41.4 Å². The molecule has 23 heavy (non-hydrogen) atoms. The quantitative estimate of drug-likeness (QED) is 0.728. The van der Waals surface area contributed by atoms with Crippen LogP contribution in [0.2, 0.25) is 0 Å². The number of rotatable bonds is 1. The molecule has 6 nitrogen and oxygen atoms in total. The van der Waals surface area contributed by atoms with Gasteiger partial charge in [-0.25, -0.2) is 15.0 Å². The summed E-state index contributed by atoms with van der Waals surface area (Å²) >= 11 is 4.96. The molecule has 2 bridgehead atoms. The molecule has 1 spiro atoms. The average molecular weight is 393 g/mol. The molecule has 0 aliphatic carbocycles. The van der Waals surface area contributed by atoms with Gasteiger partial charge in [-0.15, -0.1) is 0 Å². The first kappa shape index (κ1) is 14.1. The molecule has 0 aromatic carbocycles. The first-order valence-corrected chi connectivity index (χ1v) is 9.57. The molecule has 1 unspecified atom stereocenters. The van der Waals surface area contributed by atoms with Crippen LogP contribution in [0.25, 0.3) is 10.3 Å². The Morgan fingerprint density at radius 2 is 2.17 bits per heavy atom. The highest BCUT2D eigenvalue weighted by Gasteiger charge is 2.49. The molecule has 2 aromatic rings. The van der Waals surface area contributed by atoms with Gasteiger partial charge in [-0.2, -0.15) is 0 Å². The number of aliphatic imine (C=N–C) groups is 1. The van der Waals surface area contributed by atoms with E-state index >= 15 is 0 Å². The Labute approximate surface area is 146 Å². The van der Waals surface area contributed by atoms with Crippen molar-refractivity contribution >= 4 is 48.7 Å². The second kappa shape index (κ2) is 5.12. The Morgan fingerprint density at radius 1 is 1.30 bits per heavy atom. The first-order chi connectivity index (χ1) is 11.2. The SMILES string of the molecule is Brc1ccc2nc(NC3=NC4(CN3)CN3CCC4CC3)sc2n1. The maximum absolute atomic E-state index is 5.03. The van der Waals surface area contributed by atoms with Crippen molar-refractivity contribution in [3.05, 3.63) is 16.7 Å². The summed E-state index contributed by atoms with van der Waals surface area (Å²) in [6.07, 6.45) is 2.55. The zero-order chi connectivity index (χ0) is 15.4. The fourth-order valence-corrected chi connectivity index (χ4v) is 5.30. The van der Waals surface area contributed by atoms with Crippen molar-refractivity contribution in [3.63, 3.8) is 0 Å². The molecule has 8 heteroatoms. The average Bonchev–Trinajstić information content (AvgIpc) is 3.12. The van der Waals surface area contributed by atoms with Crippen molar-refractivity contribution in [2.24, 2.45) is 10.9 Å². The summed E-state index contributed by atoms with van der Waals surface area (Å²) < 4.78 is 0.836. The predicted molar refractivity (Wildman–Crippen MR) is 96.1 cm³/mol. The molecule has 4 aliphatic heterocycles. The van der Waals surface area contributed by atoms with Gasteiger partial charge in [0.25, 0.3) is 0 Å². The minimum absolute atomic E-state index is 0.0663. The number of pyridine rings is 1. The van der Waals surface area contributed by atoms with Crippen LogP contribution in [-0.4, -0.2) is 52.5 Å². The summed E-state index contributed by atoms with van der Waals surface area (Å²) in [5.41, 5.74) is 0.980. The number of piperidine rings is 3. The summed E-state index contributed by atoms with van der Waals surface area (Å²) in [7, 11) is 0. The molecular formula is C15H17BrN6S. The van der Waals surface area contributed by atoms with E-state index in [1.165, 1.54) is 25.9 Å². The van der Waals surface area contributed by atoms with Crippen LogP contribution in [0.5, 0.6) is 0 Å². The van der Waals surface area contributed by atoms with Crippen LogP contribution >= 0.6 is 27.3 Å². The van der Waals surface area contributed by atoms with Crippen molar-refractivity contribution in [2.75, 3.05) is 31.5 Å². The number of nitrogens with zero attached hydrogens (tertiary/aromatic N) is 4. The van der Waals surface area contributed by atoms with Crippen molar-refractivity contribution in [1.82, 2.24) is 20.2 Å². The third-order valence-corrected chi connectivity index (χ3v) is 6.51. The van der Waals surface area contributed by atoms with Gasteiger partial charge >= 0.3 is 0 Å². The summed E-state index contributed by atoms with van der Waals surface area (Å²) in [6.45, 7) is 4.50. The van der Waals surface area contributed by atoms with Gasteiger partial charge in [0, 0.05) is 13.1 Å². The van der Waals surface area contributed by atoms with Crippen LogP contribution in [0, 0.1) is 5.92 Å². The Hall–Kier alpha value is -1.25. The van der Waals surface area contributed by atoms with Gasteiger partial charge in [0.2, 0.25) is 0 Å². The van der Waals surface area contributed by atoms with Crippen molar-refractivity contribution < 1.29 is 0 Å². The lowest BCUT2D eigenvalue weighted by Gasteiger charge is -2.49. The summed E-state index contributed by atoms with van der Waals surface area (Å²) in [5.74, 6) is 1.57. The Bertz CT molecular complexity index is 796. The Balaban J connectivity index is 1.40. The molecule has 120 valence electrons. The monoisotopic (exact) mass is 392 g/mol. The van der Waals surface area contributed by atoms with Crippen molar-refractivity contribution in [3.8, 4) is 0 Å². The van der Waals surface area contributed by atoms with Gasteiger partial charge in [-0.3, -0.25) is 0 Å². The maximum Gasteiger partial charge on any atom is 0.198 e. The maximum atomic E-state index is 5.03. The third-order valence-electron chi connectivity index (χ3n) is 5.19. The van der Waals surface area contributed by atoms with E-state index in [-0.39, 0.29) is 5.54 Å². The van der Waals surface area contributed by atoms with Crippen LogP contribution in [-0.2, 0) is 0 Å². The van der Waals surface area contributed by atoms with Gasteiger partial charge in [0.15, 0.2) is 11.1 Å². The molecule has 3 saturated heterocycles. The molecule has 6 heterocycles. The molecule has 4 aliphatic rings. The van der Waals surface area contributed by atoms with Crippen LogP contribution in [0.15, 0.2) is 21.7 Å². The molecule has 2 aromatic heterocycles. The van der Waals surface area contributed by atoms with E-state index in [9.17, 15) is 0 Å². The first-order valence-electron chi connectivity index (χ1n) is 7.96. The zero-order valence-corrected chi connectivity index (χ0v) is 15.0. The molecule has 2 N–H and O–H groups in total. The fourth-order valence-electron chi connectivity index (χ4n) is 4.03. The van der Waals surface area contributed by atoms with Crippen molar-refractivity contribution in [2.45, 2.75) is 18.4 Å². The topological polar surface area (TPSA) is 65.4 Å². The van der Waals surface area contributed by atoms with Gasteiger partial charge < -0.3 is 15.5 Å². The highest BCUT2D eigenvalue weighted by molar-refractivity contribution is 9.10. The van der Waals surface area contributed by atoms with Crippen LogP contribution in [0.4, 0.5) is 5.13 Å². The van der Waals surface area contributed by atoms with E-state index in [4.69, 9.17) is 4.99 Å². The highest BCUT2D eigenvalue weighted by atomic mass is 79.9. The van der Waals surface area contributed by atoms with Gasteiger partial charge in [-0.05, 0) is 59.9 Å². The number of thiazole rings is 1. The molecular weight excluding hydrogens is 376 g/mol. The summed E-state index contributed by atoms with van der Waals surface area (Å²) in [6, 6.07) is 3.90. The second-order valence-corrected chi connectivity index (χ2v) is 8.36. The van der Waals surface area contributed by atoms with E-state index < -0.39 is 0 Å². The van der Waals surface area contributed by atoms with Crippen LogP contribution in [0.3, 0.4) is 0 Å².